The Hall–Kier alpha value is -3.48. The van der Waals surface area contributed by atoms with E-state index in [1.54, 1.807) is 17.0 Å². The smallest absolute Gasteiger partial charge is 0.322 e. The van der Waals surface area contributed by atoms with Gasteiger partial charge in [-0.25, -0.2) is 9.18 Å². The summed E-state index contributed by atoms with van der Waals surface area (Å²) in [6, 6.07) is 13.3. The third-order valence-electron chi connectivity index (χ3n) is 5.73. The fourth-order valence-electron chi connectivity index (χ4n) is 3.94. The van der Waals surface area contributed by atoms with E-state index in [2.05, 4.69) is 22.4 Å². The predicted octanol–water partition coefficient (Wildman–Crippen LogP) is 5.87. The zero-order valence-electron chi connectivity index (χ0n) is 18.6. The Morgan fingerprint density at radius 2 is 1.91 bits per heavy atom. The molecule has 4 rings (SSSR count). The molecule has 0 spiro atoms. The van der Waals surface area contributed by atoms with E-state index in [0.29, 0.717) is 29.4 Å². The molecule has 1 atom stereocenters. The van der Waals surface area contributed by atoms with Crippen LogP contribution in [0.2, 0.25) is 0 Å². The number of hydrogen-bond acceptors (Lipinski definition) is 4. The van der Waals surface area contributed by atoms with Crippen molar-refractivity contribution in [3.8, 4) is 11.4 Å². The maximum Gasteiger partial charge on any atom is 0.322 e. The first kappa shape index (κ1) is 21.7. The molecule has 2 aromatic carbocycles. The van der Waals surface area contributed by atoms with Gasteiger partial charge in [0, 0.05) is 17.8 Å². The Morgan fingerprint density at radius 3 is 2.62 bits per heavy atom. The first-order valence-corrected chi connectivity index (χ1v) is 10.9. The number of benzene rings is 2. The third kappa shape index (κ3) is 4.42. The summed E-state index contributed by atoms with van der Waals surface area (Å²) in [6.45, 7) is 6.60. The van der Waals surface area contributed by atoms with Crippen LogP contribution < -0.4 is 5.32 Å². The van der Waals surface area contributed by atoms with Crippen molar-refractivity contribution in [3.63, 3.8) is 0 Å². The molecule has 0 saturated carbocycles. The van der Waals surface area contributed by atoms with Gasteiger partial charge >= 0.3 is 6.03 Å². The molecule has 1 aromatic heterocycles. The molecule has 1 aliphatic rings. The SMILES string of the molecule is CCCCCN1C(=O)NC(c2cccc(F)c2)C(c2nc(-c3ccc(C)cc3)no2)=C1C. The average molecular weight is 435 g/mol. The second-order valence-corrected chi connectivity index (χ2v) is 8.08. The number of urea groups is 1. The van der Waals surface area contributed by atoms with E-state index in [0.717, 1.165) is 36.1 Å². The number of allylic oxidation sites excluding steroid dienone is 1. The number of carbonyl (C=O) groups excluding carboxylic acids is 1. The van der Waals surface area contributed by atoms with E-state index < -0.39 is 6.04 Å². The van der Waals surface area contributed by atoms with Crippen LogP contribution in [-0.4, -0.2) is 27.6 Å². The lowest BCUT2D eigenvalue weighted by Crippen LogP contribution is -2.46. The topological polar surface area (TPSA) is 71.3 Å². The Balaban J connectivity index is 1.77. The molecular formula is C25H27FN4O2. The Morgan fingerprint density at radius 1 is 1.12 bits per heavy atom. The maximum atomic E-state index is 14.0. The normalized spacial score (nSPS) is 16.4. The van der Waals surface area contributed by atoms with Gasteiger partial charge in [0.1, 0.15) is 5.82 Å². The number of nitrogens with one attached hydrogen (secondary N) is 1. The Bertz CT molecular complexity index is 1140. The summed E-state index contributed by atoms with van der Waals surface area (Å²) >= 11 is 0. The van der Waals surface area contributed by atoms with Gasteiger partial charge < -0.3 is 9.84 Å². The number of rotatable bonds is 7. The molecule has 6 nitrogen and oxygen atoms in total. The summed E-state index contributed by atoms with van der Waals surface area (Å²) in [5.74, 6) is 0.408. The van der Waals surface area contributed by atoms with E-state index in [1.165, 1.54) is 12.1 Å². The second-order valence-electron chi connectivity index (χ2n) is 8.08. The molecule has 7 heteroatoms. The van der Waals surface area contributed by atoms with Crippen molar-refractivity contribution in [2.24, 2.45) is 0 Å². The minimum Gasteiger partial charge on any atom is -0.334 e. The van der Waals surface area contributed by atoms with Crippen LogP contribution in [-0.2, 0) is 0 Å². The lowest BCUT2D eigenvalue weighted by molar-refractivity contribution is 0.204. The number of aromatic nitrogens is 2. The van der Waals surface area contributed by atoms with Crippen LogP contribution in [0.15, 0.2) is 58.8 Å². The number of hydrogen-bond donors (Lipinski definition) is 1. The van der Waals surface area contributed by atoms with Gasteiger partial charge in [-0.15, -0.1) is 0 Å². The molecule has 0 saturated heterocycles. The predicted molar refractivity (Wildman–Crippen MR) is 121 cm³/mol. The van der Waals surface area contributed by atoms with Gasteiger partial charge in [-0.1, -0.05) is 66.9 Å². The lowest BCUT2D eigenvalue weighted by Gasteiger charge is -2.35. The van der Waals surface area contributed by atoms with Crippen molar-refractivity contribution in [2.45, 2.75) is 46.1 Å². The van der Waals surface area contributed by atoms with Crippen molar-refractivity contribution in [1.29, 1.82) is 0 Å². The number of unbranched alkanes of at least 4 members (excludes halogenated alkanes) is 2. The van der Waals surface area contributed by atoms with Gasteiger partial charge in [0.15, 0.2) is 0 Å². The average Bonchev–Trinajstić information content (AvgIpc) is 3.26. The summed E-state index contributed by atoms with van der Waals surface area (Å²) in [6.07, 6.45) is 2.97. The molecule has 2 heterocycles. The van der Waals surface area contributed by atoms with Crippen LogP contribution >= 0.6 is 0 Å². The van der Waals surface area contributed by atoms with Gasteiger partial charge in [-0.3, -0.25) is 4.90 Å². The number of aryl methyl sites for hydroxylation is 1. The molecule has 1 unspecified atom stereocenters. The highest BCUT2D eigenvalue weighted by Crippen LogP contribution is 2.37. The Kier molecular flexibility index (Phi) is 6.35. The van der Waals surface area contributed by atoms with Gasteiger partial charge in [0.05, 0.1) is 11.6 Å². The standard InChI is InChI=1S/C25H27FN4O2/c1-4-5-6-14-30-17(3)21(22(27-25(30)31)19-8-7-9-20(26)15-19)24-28-23(29-32-24)18-12-10-16(2)11-13-18/h7-13,15,22H,4-6,14H2,1-3H3,(H,27,31). The van der Waals surface area contributed by atoms with E-state index in [1.807, 2.05) is 38.1 Å². The van der Waals surface area contributed by atoms with E-state index in [4.69, 9.17) is 4.52 Å². The van der Waals surface area contributed by atoms with Crippen LogP contribution in [0.1, 0.15) is 56.2 Å². The first-order valence-electron chi connectivity index (χ1n) is 10.9. The highest BCUT2D eigenvalue weighted by atomic mass is 19.1. The van der Waals surface area contributed by atoms with E-state index in [9.17, 15) is 9.18 Å². The molecule has 2 amide bonds. The summed E-state index contributed by atoms with van der Waals surface area (Å²) < 4.78 is 19.7. The van der Waals surface area contributed by atoms with E-state index in [-0.39, 0.29) is 11.8 Å². The molecule has 1 aliphatic heterocycles. The molecule has 0 aliphatic carbocycles. The maximum absolute atomic E-state index is 14.0. The van der Waals surface area contributed by atoms with Crippen LogP contribution in [0.5, 0.6) is 0 Å². The molecular weight excluding hydrogens is 407 g/mol. The van der Waals surface area contributed by atoms with E-state index >= 15 is 0 Å². The third-order valence-corrected chi connectivity index (χ3v) is 5.73. The quantitative estimate of drug-likeness (QED) is 0.472. The van der Waals surface area contributed by atoms with Crippen molar-refractivity contribution in [1.82, 2.24) is 20.4 Å². The van der Waals surface area contributed by atoms with Gasteiger partial charge in [0.25, 0.3) is 5.89 Å². The minimum absolute atomic E-state index is 0.213. The highest BCUT2D eigenvalue weighted by molar-refractivity contribution is 5.86. The monoisotopic (exact) mass is 434 g/mol. The molecule has 32 heavy (non-hydrogen) atoms. The Labute approximate surface area is 187 Å². The summed E-state index contributed by atoms with van der Waals surface area (Å²) in [4.78, 5) is 19.3. The van der Waals surface area contributed by atoms with Crippen LogP contribution in [0.25, 0.3) is 17.0 Å². The van der Waals surface area contributed by atoms with Gasteiger partial charge in [-0.05, 0) is 38.0 Å². The minimum atomic E-state index is -0.591. The van der Waals surface area contributed by atoms with Crippen LogP contribution in [0.3, 0.4) is 0 Å². The van der Waals surface area contributed by atoms with Gasteiger partial charge in [-0.2, -0.15) is 4.98 Å². The second kappa shape index (κ2) is 9.34. The fraction of sp³-hybridized carbons (Fsp3) is 0.320. The number of halogens is 1. The van der Waals surface area contributed by atoms with Crippen molar-refractivity contribution in [3.05, 3.63) is 77.1 Å². The zero-order valence-corrected chi connectivity index (χ0v) is 18.6. The van der Waals surface area contributed by atoms with Crippen molar-refractivity contribution in [2.75, 3.05) is 6.54 Å². The number of carbonyl (C=O) groups is 1. The molecule has 0 bridgehead atoms. The van der Waals surface area contributed by atoms with Gasteiger partial charge in [0.2, 0.25) is 5.82 Å². The first-order chi connectivity index (χ1) is 15.5. The molecule has 0 fully saturated rings. The van der Waals surface area contributed by atoms with Crippen LogP contribution in [0, 0.1) is 12.7 Å². The molecule has 1 N–H and O–H groups in total. The fourth-order valence-corrected chi connectivity index (χ4v) is 3.94. The summed E-state index contributed by atoms with van der Waals surface area (Å²) in [7, 11) is 0. The summed E-state index contributed by atoms with van der Waals surface area (Å²) in [5, 5.41) is 7.17. The van der Waals surface area contributed by atoms with Crippen LogP contribution in [0.4, 0.5) is 9.18 Å². The largest absolute Gasteiger partial charge is 0.334 e. The molecule has 166 valence electrons. The number of amides is 2. The number of nitrogens with zero attached hydrogens (tertiary/aromatic N) is 3. The van der Waals surface area contributed by atoms with Crippen molar-refractivity contribution >= 4 is 11.6 Å². The highest BCUT2D eigenvalue weighted by Gasteiger charge is 2.35. The molecule has 3 aromatic rings. The summed E-state index contributed by atoms with van der Waals surface area (Å²) in [5.41, 5.74) is 4.01. The van der Waals surface area contributed by atoms with Crippen molar-refractivity contribution < 1.29 is 13.7 Å². The lowest BCUT2D eigenvalue weighted by atomic mass is 9.94. The zero-order chi connectivity index (χ0) is 22.7. The molecule has 0 radical (unpaired) electrons.